The van der Waals surface area contributed by atoms with Gasteiger partial charge in [-0.1, -0.05) is 38.1 Å². The highest BCUT2D eigenvalue weighted by Crippen LogP contribution is 2.39. The molecule has 0 aromatic heterocycles. The summed E-state index contributed by atoms with van der Waals surface area (Å²) < 4.78 is 44.4. The smallest absolute Gasteiger partial charge is 0.416 e. The molecule has 0 fully saturated rings. The first-order valence-corrected chi connectivity index (χ1v) is 12.1. The molecule has 0 aliphatic carbocycles. The molecule has 2 aromatic carbocycles. The molecule has 2 amide bonds. The van der Waals surface area contributed by atoms with Crippen LogP contribution >= 0.6 is 0 Å². The monoisotopic (exact) mass is 516 g/mol. The molecule has 1 unspecified atom stereocenters. The maximum atomic E-state index is 13.2. The van der Waals surface area contributed by atoms with Crippen molar-refractivity contribution >= 4 is 17.8 Å². The van der Waals surface area contributed by atoms with Crippen molar-refractivity contribution in [1.82, 2.24) is 10.2 Å². The topological polar surface area (TPSA) is 75.7 Å². The van der Waals surface area contributed by atoms with Crippen molar-refractivity contribution < 1.29 is 32.3 Å². The van der Waals surface area contributed by atoms with Gasteiger partial charge in [-0.25, -0.2) is 4.79 Å². The summed E-state index contributed by atoms with van der Waals surface area (Å²) in [5.74, 6) is -1.57. The van der Waals surface area contributed by atoms with E-state index in [9.17, 15) is 27.6 Å². The first-order chi connectivity index (χ1) is 17.4. The Balaban J connectivity index is 1.93. The van der Waals surface area contributed by atoms with E-state index in [2.05, 4.69) is 5.32 Å². The summed E-state index contributed by atoms with van der Waals surface area (Å²) in [7, 11) is 0. The van der Waals surface area contributed by atoms with Gasteiger partial charge in [-0.2, -0.15) is 13.2 Å². The second-order valence-electron chi connectivity index (χ2n) is 9.38. The van der Waals surface area contributed by atoms with E-state index in [1.807, 2.05) is 13.8 Å². The highest BCUT2D eigenvalue weighted by Gasteiger charge is 2.37. The molecule has 0 saturated heterocycles. The summed E-state index contributed by atoms with van der Waals surface area (Å²) in [6.45, 7) is 8.03. The summed E-state index contributed by atoms with van der Waals surface area (Å²) in [6, 6.07) is 11.4. The number of halogens is 3. The van der Waals surface area contributed by atoms with Crippen LogP contribution in [0, 0.1) is 5.92 Å². The van der Waals surface area contributed by atoms with Crippen molar-refractivity contribution in [3.8, 4) is 0 Å². The molecule has 37 heavy (non-hydrogen) atoms. The average Bonchev–Trinajstić information content (AvgIpc) is 2.84. The zero-order valence-electron chi connectivity index (χ0n) is 21.3. The Morgan fingerprint density at radius 1 is 1.14 bits per heavy atom. The molecule has 2 aromatic rings. The molecule has 9 heteroatoms. The molecule has 0 spiro atoms. The van der Waals surface area contributed by atoms with Crippen LogP contribution in [0.25, 0.3) is 0 Å². The highest BCUT2D eigenvalue weighted by molar-refractivity contribution is 5.96. The SMILES string of the molecule is CCOC(=O)C1=C(C)N(Cc2cccc(C(=O)NCC(C)C)c2)C(=O)CC1c1ccc(C(F)(F)F)cc1. The largest absolute Gasteiger partial charge is 0.463 e. The Kier molecular flexibility index (Phi) is 8.78. The maximum absolute atomic E-state index is 13.2. The van der Waals surface area contributed by atoms with Crippen LogP contribution in [-0.2, 0) is 27.0 Å². The van der Waals surface area contributed by atoms with E-state index in [4.69, 9.17) is 4.74 Å². The molecule has 1 aliphatic heterocycles. The van der Waals surface area contributed by atoms with Gasteiger partial charge in [0.05, 0.1) is 24.3 Å². The summed E-state index contributed by atoms with van der Waals surface area (Å²) in [6.07, 6.45) is -4.60. The fraction of sp³-hybridized carbons (Fsp3) is 0.393. The zero-order chi connectivity index (χ0) is 27.3. The molecule has 1 heterocycles. The van der Waals surface area contributed by atoms with E-state index in [1.165, 1.54) is 17.0 Å². The van der Waals surface area contributed by atoms with Crippen molar-refractivity contribution in [3.63, 3.8) is 0 Å². The predicted octanol–water partition coefficient (Wildman–Crippen LogP) is 5.44. The molecule has 1 N–H and O–H groups in total. The second-order valence-corrected chi connectivity index (χ2v) is 9.38. The fourth-order valence-electron chi connectivity index (χ4n) is 4.26. The normalized spacial score (nSPS) is 16.3. The van der Waals surface area contributed by atoms with Gasteiger partial charge in [0.15, 0.2) is 0 Å². The van der Waals surface area contributed by atoms with E-state index in [1.54, 1.807) is 38.1 Å². The van der Waals surface area contributed by atoms with Gasteiger partial charge in [-0.3, -0.25) is 9.59 Å². The van der Waals surface area contributed by atoms with Gasteiger partial charge in [-0.05, 0) is 55.2 Å². The molecular weight excluding hydrogens is 485 g/mol. The lowest BCUT2D eigenvalue weighted by Gasteiger charge is -2.34. The third kappa shape index (κ3) is 6.78. The molecule has 198 valence electrons. The van der Waals surface area contributed by atoms with Crippen molar-refractivity contribution in [3.05, 3.63) is 82.1 Å². The molecule has 0 saturated carbocycles. The Morgan fingerprint density at radius 2 is 1.81 bits per heavy atom. The Bertz CT molecular complexity index is 1190. The Labute approximate surface area is 214 Å². The third-order valence-electron chi connectivity index (χ3n) is 6.16. The van der Waals surface area contributed by atoms with E-state index in [-0.39, 0.29) is 37.0 Å². The van der Waals surface area contributed by atoms with Gasteiger partial charge in [0.25, 0.3) is 5.91 Å². The van der Waals surface area contributed by atoms with Crippen LogP contribution in [0.2, 0.25) is 0 Å². The van der Waals surface area contributed by atoms with Crippen LogP contribution in [0.5, 0.6) is 0 Å². The lowest BCUT2D eigenvalue weighted by Crippen LogP contribution is -2.38. The fourth-order valence-corrected chi connectivity index (χ4v) is 4.26. The lowest BCUT2D eigenvalue weighted by atomic mass is 9.83. The first-order valence-electron chi connectivity index (χ1n) is 12.1. The van der Waals surface area contributed by atoms with E-state index >= 15 is 0 Å². The van der Waals surface area contributed by atoms with Crippen molar-refractivity contribution in [2.45, 2.75) is 52.8 Å². The zero-order valence-corrected chi connectivity index (χ0v) is 21.3. The van der Waals surface area contributed by atoms with Crippen LogP contribution in [0.15, 0.2) is 59.8 Å². The highest BCUT2D eigenvalue weighted by atomic mass is 19.4. The number of carbonyl (C=O) groups is 3. The van der Waals surface area contributed by atoms with Crippen LogP contribution in [0.1, 0.15) is 67.1 Å². The minimum atomic E-state index is -4.49. The average molecular weight is 517 g/mol. The van der Waals surface area contributed by atoms with Gasteiger partial charge >= 0.3 is 12.1 Å². The first kappa shape index (κ1) is 28.0. The molecule has 3 rings (SSSR count). The lowest BCUT2D eigenvalue weighted by molar-refractivity contribution is -0.140. The number of carbonyl (C=O) groups excluding carboxylic acids is 3. The van der Waals surface area contributed by atoms with E-state index in [0.29, 0.717) is 34.9 Å². The number of alkyl halides is 3. The van der Waals surface area contributed by atoms with Gasteiger partial charge in [0.2, 0.25) is 5.91 Å². The Hall–Kier alpha value is -3.62. The quantitative estimate of drug-likeness (QED) is 0.474. The Morgan fingerprint density at radius 3 is 2.41 bits per heavy atom. The standard InChI is InChI=1S/C28H31F3N2O4/c1-5-37-27(36)25-18(4)33(16-19-7-6-8-21(13-19)26(35)32-15-17(2)3)24(34)14-23(25)20-9-11-22(12-10-20)28(29,30)31/h6-13,17,23H,5,14-16H2,1-4H3,(H,32,35). The maximum Gasteiger partial charge on any atom is 0.416 e. The molecule has 0 radical (unpaired) electrons. The number of hydrogen-bond acceptors (Lipinski definition) is 4. The van der Waals surface area contributed by atoms with Crippen LogP contribution in [-0.4, -0.2) is 35.8 Å². The summed E-state index contributed by atoms with van der Waals surface area (Å²) in [5.41, 5.74) is 1.36. The minimum Gasteiger partial charge on any atom is -0.463 e. The van der Waals surface area contributed by atoms with Crippen molar-refractivity contribution in [2.24, 2.45) is 5.92 Å². The van der Waals surface area contributed by atoms with Gasteiger partial charge < -0.3 is 15.0 Å². The summed E-state index contributed by atoms with van der Waals surface area (Å²) in [5, 5.41) is 2.86. The van der Waals surface area contributed by atoms with E-state index < -0.39 is 23.6 Å². The van der Waals surface area contributed by atoms with E-state index in [0.717, 1.165) is 12.1 Å². The molecule has 0 bridgehead atoms. The number of esters is 1. The predicted molar refractivity (Wildman–Crippen MR) is 132 cm³/mol. The van der Waals surface area contributed by atoms with Gasteiger partial charge in [0, 0.05) is 30.1 Å². The number of nitrogens with zero attached hydrogens (tertiary/aromatic N) is 1. The molecule has 1 atom stereocenters. The number of allylic oxidation sites excluding steroid dienone is 1. The van der Waals surface area contributed by atoms with Crippen molar-refractivity contribution in [2.75, 3.05) is 13.2 Å². The number of ether oxygens (including phenoxy) is 1. The number of nitrogens with one attached hydrogen (secondary N) is 1. The van der Waals surface area contributed by atoms with Crippen LogP contribution in [0.3, 0.4) is 0 Å². The molecule has 1 aliphatic rings. The van der Waals surface area contributed by atoms with Gasteiger partial charge in [-0.15, -0.1) is 0 Å². The number of benzene rings is 2. The van der Waals surface area contributed by atoms with Crippen LogP contribution < -0.4 is 5.32 Å². The van der Waals surface area contributed by atoms with Crippen molar-refractivity contribution in [1.29, 1.82) is 0 Å². The third-order valence-corrected chi connectivity index (χ3v) is 6.16. The summed E-state index contributed by atoms with van der Waals surface area (Å²) in [4.78, 5) is 40.1. The second kappa shape index (κ2) is 11.6. The number of hydrogen-bond donors (Lipinski definition) is 1. The number of amides is 2. The summed E-state index contributed by atoms with van der Waals surface area (Å²) >= 11 is 0. The molecule has 6 nitrogen and oxygen atoms in total. The minimum absolute atomic E-state index is 0.106. The molecular formula is C28H31F3N2O4. The van der Waals surface area contributed by atoms with Crippen LogP contribution in [0.4, 0.5) is 13.2 Å². The number of rotatable bonds is 8. The van der Waals surface area contributed by atoms with Gasteiger partial charge in [0.1, 0.15) is 0 Å².